The Morgan fingerprint density at radius 3 is 2.84 bits per heavy atom. The molecule has 19 heavy (non-hydrogen) atoms. The first-order valence-electron chi connectivity index (χ1n) is 6.16. The number of aryl methyl sites for hydroxylation is 2. The largest absolute Gasteiger partial charge is 0.396 e. The fourth-order valence-corrected chi connectivity index (χ4v) is 2.82. The van der Waals surface area contributed by atoms with Crippen molar-refractivity contribution in [2.75, 3.05) is 13.2 Å². The molecule has 2 aromatic rings. The topological polar surface area (TPSA) is 67.2 Å². The van der Waals surface area contributed by atoms with Gasteiger partial charge in [0.15, 0.2) is 0 Å². The zero-order valence-electron chi connectivity index (χ0n) is 11.6. The second kappa shape index (κ2) is 4.94. The Morgan fingerprint density at radius 1 is 1.58 bits per heavy atom. The van der Waals surface area contributed by atoms with Crippen molar-refractivity contribution in [3.63, 3.8) is 0 Å². The second-order valence-corrected chi connectivity index (χ2v) is 6.57. The molecule has 2 rings (SSSR count). The van der Waals surface area contributed by atoms with Crippen LogP contribution in [0.4, 0.5) is 0 Å². The minimum Gasteiger partial charge on any atom is -0.396 e. The number of aromatic nitrogens is 2. The van der Waals surface area contributed by atoms with Crippen LogP contribution in [0.3, 0.4) is 0 Å². The summed E-state index contributed by atoms with van der Waals surface area (Å²) in [6, 6.07) is 1.88. The maximum atomic E-state index is 12.1. The summed E-state index contributed by atoms with van der Waals surface area (Å²) < 4.78 is 1.80. The summed E-state index contributed by atoms with van der Waals surface area (Å²) in [4.78, 5) is 13.8. The number of amides is 1. The van der Waals surface area contributed by atoms with E-state index in [1.807, 2.05) is 33.9 Å². The molecule has 0 atom stereocenters. The number of carbonyl (C=O) groups excluding carboxylic acids is 1. The molecule has 5 nitrogen and oxygen atoms in total. The summed E-state index contributed by atoms with van der Waals surface area (Å²) in [6.45, 7) is 6.25. The van der Waals surface area contributed by atoms with Crippen LogP contribution in [0.1, 0.15) is 29.2 Å². The van der Waals surface area contributed by atoms with Crippen molar-refractivity contribution in [2.45, 2.75) is 20.8 Å². The van der Waals surface area contributed by atoms with Crippen molar-refractivity contribution in [3.05, 3.63) is 16.6 Å². The normalized spacial score (nSPS) is 12.1. The Balaban J connectivity index is 2.16. The summed E-state index contributed by atoms with van der Waals surface area (Å²) in [7, 11) is 1.88. The van der Waals surface area contributed by atoms with E-state index in [2.05, 4.69) is 10.4 Å². The average Bonchev–Trinajstić information content (AvgIpc) is 2.90. The molecule has 104 valence electrons. The molecular weight excluding hydrogens is 262 g/mol. The maximum Gasteiger partial charge on any atom is 0.261 e. The minimum absolute atomic E-state index is 0.0444. The van der Waals surface area contributed by atoms with Gasteiger partial charge in [-0.3, -0.25) is 9.48 Å². The molecule has 1 amide bonds. The molecule has 0 fully saturated rings. The number of hydrogen-bond donors (Lipinski definition) is 2. The van der Waals surface area contributed by atoms with Crippen molar-refractivity contribution in [1.29, 1.82) is 0 Å². The van der Waals surface area contributed by atoms with Crippen LogP contribution in [-0.4, -0.2) is 33.9 Å². The van der Waals surface area contributed by atoms with Crippen LogP contribution in [0.15, 0.2) is 6.07 Å². The summed E-state index contributed by atoms with van der Waals surface area (Å²) in [6.07, 6.45) is 0. The lowest BCUT2D eigenvalue weighted by Gasteiger charge is -2.21. The third kappa shape index (κ3) is 2.79. The van der Waals surface area contributed by atoms with Gasteiger partial charge in [0.2, 0.25) is 0 Å². The van der Waals surface area contributed by atoms with E-state index in [0.29, 0.717) is 11.4 Å². The van der Waals surface area contributed by atoms with E-state index in [0.717, 1.165) is 15.9 Å². The van der Waals surface area contributed by atoms with Gasteiger partial charge in [0.25, 0.3) is 5.91 Å². The number of aliphatic hydroxyl groups is 1. The Hall–Kier alpha value is -1.40. The van der Waals surface area contributed by atoms with Crippen LogP contribution < -0.4 is 5.32 Å². The zero-order chi connectivity index (χ0) is 14.2. The highest BCUT2D eigenvalue weighted by Crippen LogP contribution is 2.27. The predicted octanol–water partition coefficient (Wildman–Crippen LogP) is 1.69. The molecule has 0 radical (unpaired) electrons. The van der Waals surface area contributed by atoms with Gasteiger partial charge in [-0.15, -0.1) is 11.3 Å². The predicted molar refractivity (Wildman–Crippen MR) is 76.5 cm³/mol. The number of carbonyl (C=O) groups is 1. The van der Waals surface area contributed by atoms with Crippen molar-refractivity contribution in [1.82, 2.24) is 15.1 Å². The quantitative estimate of drug-likeness (QED) is 0.896. The van der Waals surface area contributed by atoms with Crippen molar-refractivity contribution in [2.24, 2.45) is 12.5 Å². The highest BCUT2D eigenvalue weighted by atomic mass is 32.1. The van der Waals surface area contributed by atoms with E-state index in [9.17, 15) is 9.90 Å². The summed E-state index contributed by atoms with van der Waals surface area (Å²) in [5, 5.41) is 17.4. The fourth-order valence-electron chi connectivity index (χ4n) is 1.78. The van der Waals surface area contributed by atoms with Crippen molar-refractivity contribution in [3.8, 4) is 0 Å². The standard InChI is InChI=1S/C13H19N3O2S/c1-8-9-5-10(19-12(9)16(4)15-8)11(18)14-6-13(2,3)7-17/h5,17H,6-7H2,1-4H3,(H,14,18). The molecule has 0 aliphatic rings. The SMILES string of the molecule is Cc1nn(C)c2sc(C(=O)NCC(C)(C)CO)cc12. The minimum atomic E-state index is -0.302. The molecule has 0 saturated carbocycles. The number of nitrogens with one attached hydrogen (secondary N) is 1. The third-order valence-corrected chi connectivity index (χ3v) is 4.28. The number of thiophene rings is 1. The Kier molecular flexibility index (Phi) is 3.64. The molecule has 0 aliphatic heterocycles. The van der Waals surface area contributed by atoms with Crippen LogP contribution >= 0.6 is 11.3 Å². The van der Waals surface area contributed by atoms with Crippen LogP contribution in [0.25, 0.3) is 10.2 Å². The van der Waals surface area contributed by atoms with E-state index < -0.39 is 0 Å². The second-order valence-electron chi connectivity index (χ2n) is 5.54. The lowest BCUT2D eigenvalue weighted by Crippen LogP contribution is -2.35. The maximum absolute atomic E-state index is 12.1. The van der Waals surface area contributed by atoms with Gasteiger partial charge in [-0.2, -0.15) is 5.10 Å². The van der Waals surface area contributed by atoms with Crippen LogP contribution in [0.5, 0.6) is 0 Å². The zero-order valence-corrected chi connectivity index (χ0v) is 12.5. The van der Waals surface area contributed by atoms with Gasteiger partial charge in [0, 0.05) is 31.0 Å². The summed E-state index contributed by atoms with van der Waals surface area (Å²) in [5.41, 5.74) is 0.632. The molecular formula is C13H19N3O2S. The van der Waals surface area contributed by atoms with Crippen LogP contribution in [0.2, 0.25) is 0 Å². The van der Waals surface area contributed by atoms with E-state index in [1.54, 1.807) is 4.68 Å². The fraction of sp³-hybridized carbons (Fsp3) is 0.538. The molecule has 0 aliphatic carbocycles. The Labute approximate surface area is 116 Å². The highest BCUT2D eigenvalue weighted by Gasteiger charge is 2.20. The van der Waals surface area contributed by atoms with E-state index in [4.69, 9.17) is 0 Å². The number of fused-ring (bicyclic) bond motifs is 1. The monoisotopic (exact) mass is 281 g/mol. The lowest BCUT2D eigenvalue weighted by molar-refractivity contribution is 0.0915. The summed E-state index contributed by atoms with van der Waals surface area (Å²) in [5.74, 6) is -0.0953. The number of aliphatic hydroxyl groups excluding tert-OH is 1. The molecule has 2 N–H and O–H groups in total. The van der Waals surface area contributed by atoms with Crippen LogP contribution in [0, 0.1) is 12.3 Å². The lowest BCUT2D eigenvalue weighted by atomic mass is 9.95. The van der Waals surface area contributed by atoms with Gasteiger partial charge >= 0.3 is 0 Å². The van der Waals surface area contributed by atoms with Crippen molar-refractivity contribution >= 4 is 27.5 Å². The Bertz CT molecular complexity index is 578. The molecule has 0 bridgehead atoms. The van der Waals surface area contributed by atoms with Gasteiger partial charge in [-0.05, 0) is 13.0 Å². The first-order valence-corrected chi connectivity index (χ1v) is 6.98. The van der Waals surface area contributed by atoms with E-state index in [-0.39, 0.29) is 17.9 Å². The molecule has 2 aromatic heterocycles. The highest BCUT2D eigenvalue weighted by molar-refractivity contribution is 7.20. The van der Waals surface area contributed by atoms with Crippen LogP contribution in [-0.2, 0) is 7.05 Å². The van der Waals surface area contributed by atoms with Gasteiger partial charge in [-0.25, -0.2) is 0 Å². The van der Waals surface area contributed by atoms with Crippen molar-refractivity contribution < 1.29 is 9.90 Å². The molecule has 2 heterocycles. The van der Waals surface area contributed by atoms with Gasteiger partial charge in [0.05, 0.1) is 10.6 Å². The van der Waals surface area contributed by atoms with Gasteiger partial charge < -0.3 is 10.4 Å². The third-order valence-electron chi connectivity index (χ3n) is 3.08. The number of nitrogens with zero attached hydrogens (tertiary/aromatic N) is 2. The summed E-state index contributed by atoms with van der Waals surface area (Å²) >= 11 is 1.44. The molecule has 0 aromatic carbocycles. The van der Waals surface area contributed by atoms with E-state index >= 15 is 0 Å². The molecule has 6 heteroatoms. The molecule has 0 saturated heterocycles. The first kappa shape index (κ1) is 14.0. The Morgan fingerprint density at radius 2 is 2.26 bits per heavy atom. The van der Waals surface area contributed by atoms with Gasteiger partial charge in [0.1, 0.15) is 4.83 Å². The smallest absolute Gasteiger partial charge is 0.261 e. The molecule has 0 unspecified atom stereocenters. The van der Waals surface area contributed by atoms with Gasteiger partial charge in [-0.1, -0.05) is 13.8 Å². The number of rotatable bonds is 4. The average molecular weight is 281 g/mol. The molecule has 0 spiro atoms. The first-order chi connectivity index (χ1) is 8.84. The number of hydrogen-bond acceptors (Lipinski definition) is 4. The van der Waals surface area contributed by atoms with E-state index in [1.165, 1.54) is 11.3 Å².